The highest BCUT2D eigenvalue weighted by Gasteiger charge is 2.32. The first-order valence-electron chi connectivity index (χ1n) is 12.3. The van der Waals surface area contributed by atoms with Gasteiger partial charge in [0, 0.05) is 5.69 Å². The van der Waals surface area contributed by atoms with Gasteiger partial charge in [0.1, 0.15) is 0 Å². The summed E-state index contributed by atoms with van der Waals surface area (Å²) < 4.78 is 28.9. The Morgan fingerprint density at radius 2 is 1.34 bits per heavy atom. The SMILES string of the molecule is Cl.Cl.O=C(O)[C@@H](Cc1cccc(NS(=O)(=O)c2cccc(C[C@H](C(=O)O)[C@H]3CCNC3)c2)c1)[C@H]1CCNC1. The smallest absolute Gasteiger partial charge is 0.307 e. The van der Waals surface area contributed by atoms with E-state index >= 15 is 0 Å². The van der Waals surface area contributed by atoms with Gasteiger partial charge in [-0.25, -0.2) is 8.42 Å². The fourth-order valence-electron chi connectivity index (χ4n) is 5.28. The van der Waals surface area contributed by atoms with Gasteiger partial charge >= 0.3 is 11.9 Å². The summed E-state index contributed by atoms with van der Waals surface area (Å²) in [6.07, 6.45) is 2.17. The summed E-state index contributed by atoms with van der Waals surface area (Å²) in [5.74, 6) is -2.79. The second-order valence-corrected chi connectivity index (χ2v) is 11.4. The lowest BCUT2D eigenvalue weighted by atomic mass is 9.86. The number of halogens is 2. The van der Waals surface area contributed by atoms with Gasteiger partial charge in [0.15, 0.2) is 0 Å². The van der Waals surface area contributed by atoms with E-state index in [2.05, 4.69) is 15.4 Å². The summed E-state index contributed by atoms with van der Waals surface area (Å²) in [7, 11) is -3.92. The molecule has 9 nitrogen and oxygen atoms in total. The topological polar surface area (TPSA) is 145 Å². The summed E-state index contributed by atoms with van der Waals surface area (Å²) in [4.78, 5) is 23.7. The van der Waals surface area contributed by atoms with Crippen molar-refractivity contribution in [2.75, 3.05) is 30.9 Å². The lowest BCUT2D eigenvalue weighted by Crippen LogP contribution is -2.27. The minimum Gasteiger partial charge on any atom is -0.481 e. The second kappa shape index (κ2) is 14.1. The van der Waals surface area contributed by atoms with Crippen molar-refractivity contribution >= 4 is 52.5 Å². The maximum atomic E-state index is 13.1. The number of carbonyl (C=O) groups is 2. The largest absolute Gasteiger partial charge is 0.481 e. The number of rotatable bonds is 11. The third kappa shape index (κ3) is 8.07. The number of aliphatic carboxylic acids is 2. The van der Waals surface area contributed by atoms with E-state index in [1.165, 1.54) is 12.1 Å². The molecule has 0 aromatic heterocycles. The van der Waals surface area contributed by atoms with Crippen LogP contribution in [0.25, 0.3) is 0 Å². The van der Waals surface area contributed by atoms with E-state index in [1.54, 1.807) is 36.4 Å². The van der Waals surface area contributed by atoms with E-state index in [0.29, 0.717) is 30.8 Å². The minimum absolute atomic E-state index is 0. The maximum absolute atomic E-state index is 13.1. The zero-order valence-corrected chi connectivity index (χ0v) is 23.3. The van der Waals surface area contributed by atoms with Crippen LogP contribution in [0.4, 0.5) is 5.69 Å². The third-order valence-corrected chi connectivity index (χ3v) is 8.65. The molecule has 210 valence electrons. The molecule has 2 aliphatic rings. The molecule has 0 unspecified atom stereocenters. The van der Waals surface area contributed by atoms with Gasteiger partial charge in [-0.3, -0.25) is 14.3 Å². The van der Waals surface area contributed by atoms with Gasteiger partial charge in [-0.15, -0.1) is 24.8 Å². The molecule has 2 aliphatic heterocycles. The maximum Gasteiger partial charge on any atom is 0.307 e. The second-order valence-electron chi connectivity index (χ2n) is 9.76. The van der Waals surface area contributed by atoms with Crippen LogP contribution in [-0.2, 0) is 32.5 Å². The van der Waals surface area contributed by atoms with E-state index in [4.69, 9.17) is 0 Å². The highest BCUT2D eigenvalue weighted by molar-refractivity contribution is 7.92. The van der Waals surface area contributed by atoms with Crippen LogP contribution in [0.1, 0.15) is 24.0 Å². The molecule has 12 heteroatoms. The zero-order chi connectivity index (χ0) is 25.7. The molecule has 38 heavy (non-hydrogen) atoms. The monoisotopic (exact) mass is 587 g/mol. The summed E-state index contributed by atoms with van der Waals surface area (Å²) in [6.45, 7) is 2.90. The molecule has 2 aromatic carbocycles. The van der Waals surface area contributed by atoms with Gasteiger partial charge in [-0.1, -0.05) is 24.3 Å². The molecule has 4 rings (SSSR count). The zero-order valence-electron chi connectivity index (χ0n) is 20.8. The normalized spacial score (nSPS) is 20.5. The average Bonchev–Trinajstić information content (AvgIpc) is 3.55. The molecule has 0 amide bonds. The van der Waals surface area contributed by atoms with Crippen LogP contribution in [0.5, 0.6) is 0 Å². The molecule has 0 aliphatic carbocycles. The van der Waals surface area contributed by atoms with Gasteiger partial charge in [-0.2, -0.15) is 0 Å². The van der Waals surface area contributed by atoms with E-state index < -0.39 is 33.8 Å². The summed E-state index contributed by atoms with van der Waals surface area (Å²) in [5, 5.41) is 25.8. The number of nitrogens with one attached hydrogen (secondary N) is 3. The summed E-state index contributed by atoms with van der Waals surface area (Å²) in [5.41, 5.74) is 1.75. The van der Waals surface area contributed by atoms with E-state index in [9.17, 15) is 28.2 Å². The Kier molecular flexibility index (Phi) is 11.8. The molecule has 0 saturated carbocycles. The van der Waals surface area contributed by atoms with E-state index in [1.807, 2.05) is 0 Å². The van der Waals surface area contributed by atoms with Crippen molar-refractivity contribution in [2.45, 2.75) is 30.6 Å². The van der Waals surface area contributed by atoms with E-state index in [-0.39, 0.29) is 48.0 Å². The minimum atomic E-state index is -3.92. The number of sulfonamides is 1. The molecule has 0 bridgehead atoms. The third-order valence-electron chi connectivity index (χ3n) is 7.27. The molecule has 2 aromatic rings. The molecule has 4 atom stereocenters. The van der Waals surface area contributed by atoms with Crippen molar-refractivity contribution in [3.63, 3.8) is 0 Å². The van der Waals surface area contributed by atoms with Crippen molar-refractivity contribution in [1.82, 2.24) is 10.6 Å². The summed E-state index contributed by atoms with van der Waals surface area (Å²) >= 11 is 0. The van der Waals surface area contributed by atoms with Crippen molar-refractivity contribution in [2.24, 2.45) is 23.7 Å². The number of carboxylic acid groups (broad SMARTS) is 2. The Morgan fingerprint density at radius 1 is 0.842 bits per heavy atom. The van der Waals surface area contributed by atoms with Crippen molar-refractivity contribution < 1.29 is 28.2 Å². The Balaban J connectivity index is 0.00000253. The fraction of sp³-hybridized carbons (Fsp3) is 0.462. The van der Waals surface area contributed by atoms with Gasteiger partial charge < -0.3 is 20.8 Å². The average molecular weight is 589 g/mol. The van der Waals surface area contributed by atoms with Crippen LogP contribution in [0.15, 0.2) is 53.4 Å². The number of hydrogen-bond donors (Lipinski definition) is 5. The summed E-state index contributed by atoms with van der Waals surface area (Å²) in [6, 6.07) is 13.2. The van der Waals surface area contributed by atoms with Crippen LogP contribution in [0.2, 0.25) is 0 Å². The lowest BCUT2D eigenvalue weighted by Gasteiger charge is -2.19. The van der Waals surface area contributed by atoms with Crippen molar-refractivity contribution in [3.8, 4) is 0 Å². The van der Waals surface area contributed by atoms with Gasteiger partial charge in [-0.05, 0) is 99.1 Å². The number of anilines is 1. The fourth-order valence-corrected chi connectivity index (χ4v) is 6.39. The highest BCUT2D eigenvalue weighted by atomic mass is 35.5. The van der Waals surface area contributed by atoms with Gasteiger partial charge in [0.25, 0.3) is 10.0 Å². The predicted octanol–water partition coefficient (Wildman–Crippen LogP) is 3.04. The first-order chi connectivity index (χ1) is 17.2. The molecular formula is C26H35Cl2N3O6S. The first-order valence-corrected chi connectivity index (χ1v) is 13.8. The molecule has 5 N–H and O–H groups in total. The first kappa shape index (κ1) is 31.8. The molecule has 0 spiro atoms. The lowest BCUT2D eigenvalue weighted by molar-refractivity contribution is -0.144. The molecule has 0 radical (unpaired) electrons. The quantitative estimate of drug-likeness (QED) is 0.270. The number of carboxylic acids is 2. The van der Waals surface area contributed by atoms with Crippen LogP contribution in [-0.4, -0.2) is 56.7 Å². The van der Waals surface area contributed by atoms with E-state index in [0.717, 1.165) is 31.5 Å². The van der Waals surface area contributed by atoms with Crippen LogP contribution >= 0.6 is 24.8 Å². The van der Waals surface area contributed by atoms with Crippen molar-refractivity contribution in [3.05, 3.63) is 59.7 Å². The Morgan fingerprint density at radius 3 is 1.82 bits per heavy atom. The number of hydrogen-bond acceptors (Lipinski definition) is 6. The highest BCUT2D eigenvalue weighted by Crippen LogP contribution is 2.27. The van der Waals surface area contributed by atoms with Gasteiger partial charge in [0.2, 0.25) is 0 Å². The van der Waals surface area contributed by atoms with Crippen LogP contribution in [0.3, 0.4) is 0 Å². The standard InChI is InChI=1S/C26H33N3O6S.2ClH/c30-25(31)23(19-7-9-27-15-19)13-17-3-1-5-21(11-17)29-36(34,35)22-6-2-4-18(12-22)14-24(26(32)33)20-8-10-28-16-20;;/h1-6,11-12,19-20,23-24,27-29H,7-10,13-16H2,(H,30,31)(H,32,33);2*1H/t19-,20-,23-,24-;;/m0../s1. The predicted molar refractivity (Wildman–Crippen MR) is 150 cm³/mol. The molecule has 2 heterocycles. The van der Waals surface area contributed by atoms with Gasteiger partial charge in [0.05, 0.1) is 16.7 Å². The van der Waals surface area contributed by atoms with Crippen LogP contribution < -0.4 is 15.4 Å². The Labute approximate surface area is 235 Å². The van der Waals surface area contributed by atoms with Crippen LogP contribution in [0, 0.1) is 23.7 Å². The number of benzene rings is 2. The molecule has 2 saturated heterocycles. The molecule has 2 fully saturated rings. The Hall–Kier alpha value is -2.37. The Bertz CT molecular complexity index is 1200. The molecular weight excluding hydrogens is 553 g/mol. The van der Waals surface area contributed by atoms with Crippen molar-refractivity contribution in [1.29, 1.82) is 0 Å².